The second kappa shape index (κ2) is 5.32. The molecule has 8 heteroatoms. The summed E-state index contributed by atoms with van der Waals surface area (Å²) in [6.45, 7) is 0. The molecule has 1 nitrogen and oxygen atoms in total. The Bertz CT molecular complexity index is 610. The predicted octanol–water partition coefficient (Wildman–Crippen LogP) is 3.03. The number of halogens is 6. The minimum atomic E-state index is -3.78. The van der Waals surface area contributed by atoms with Crippen LogP contribution in [0.5, 0.6) is 0 Å². The molecule has 0 radical (unpaired) electrons. The molecule has 20 heavy (non-hydrogen) atoms. The van der Waals surface area contributed by atoms with Crippen LogP contribution in [0.15, 0.2) is 24.3 Å². The first-order valence-corrected chi connectivity index (χ1v) is 6.56. The molecule has 0 spiro atoms. The lowest BCUT2D eigenvalue weighted by atomic mass is 10.3. The highest BCUT2D eigenvalue weighted by atomic mass is 31.1. The molecule has 0 heterocycles. The van der Waals surface area contributed by atoms with Gasteiger partial charge >= 0.3 is 0 Å². The highest BCUT2D eigenvalue weighted by Gasteiger charge is 2.25. The lowest BCUT2D eigenvalue weighted by molar-refractivity contribution is 0.545. The quantitative estimate of drug-likeness (QED) is 0.615. The topological polar surface area (TPSA) is 17.1 Å². The zero-order valence-corrected chi connectivity index (χ0v) is 10.5. The third-order valence-electron chi connectivity index (χ3n) is 2.47. The van der Waals surface area contributed by atoms with E-state index in [-0.39, 0.29) is 24.3 Å². The van der Waals surface area contributed by atoms with Crippen molar-refractivity contribution in [1.82, 2.24) is 0 Å². The Hall–Kier alpha value is -1.75. The van der Waals surface area contributed by atoms with Gasteiger partial charge in [0.25, 0.3) is 0 Å². The molecule has 0 aromatic heterocycles. The molecule has 0 N–H and O–H groups in total. The number of benzene rings is 2. The number of hydrogen-bond donors (Lipinski definition) is 0. The van der Waals surface area contributed by atoms with Crippen LogP contribution < -0.4 is 10.6 Å². The maximum atomic E-state index is 13.4. The van der Waals surface area contributed by atoms with E-state index in [2.05, 4.69) is 0 Å². The van der Waals surface area contributed by atoms with Crippen LogP contribution in [-0.4, -0.2) is 0 Å². The Labute approximate surface area is 109 Å². The fraction of sp³-hybridized carbons (Fsp3) is 0. The molecule has 0 unspecified atom stereocenters. The minimum Gasteiger partial charge on any atom is -0.317 e. The van der Waals surface area contributed by atoms with Crippen LogP contribution in [0.1, 0.15) is 0 Å². The van der Waals surface area contributed by atoms with E-state index in [9.17, 15) is 30.9 Å². The molecule has 0 aliphatic carbocycles. The summed E-state index contributed by atoms with van der Waals surface area (Å²) in [5.74, 6) is -8.66. The van der Waals surface area contributed by atoms with Gasteiger partial charge in [0, 0.05) is 24.3 Å². The zero-order valence-electron chi connectivity index (χ0n) is 9.49. The molecule has 2 rings (SSSR count). The van der Waals surface area contributed by atoms with Crippen LogP contribution in [0, 0.1) is 34.9 Å². The third-order valence-corrected chi connectivity index (χ3v) is 4.33. The van der Waals surface area contributed by atoms with Crippen LogP contribution in [0.2, 0.25) is 0 Å². The third kappa shape index (κ3) is 2.58. The summed E-state index contributed by atoms with van der Waals surface area (Å²) < 4.78 is 91.0. The van der Waals surface area contributed by atoms with E-state index in [1.807, 2.05) is 0 Å². The molecule has 0 atom stereocenters. The van der Waals surface area contributed by atoms with Crippen LogP contribution in [0.25, 0.3) is 0 Å². The van der Waals surface area contributed by atoms with Crippen LogP contribution >= 0.6 is 7.80 Å². The van der Waals surface area contributed by atoms with Crippen molar-refractivity contribution in [2.75, 3.05) is 0 Å². The molecule has 2 aromatic rings. The van der Waals surface area contributed by atoms with Gasteiger partial charge in [-0.2, -0.15) is 0 Å². The minimum absolute atomic E-state index is 0.236. The molecule has 0 saturated heterocycles. The predicted molar refractivity (Wildman–Crippen MR) is 60.9 cm³/mol. The molecule has 0 fully saturated rings. The summed E-state index contributed by atoms with van der Waals surface area (Å²) in [7, 11) is -3.78. The van der Waals surface area contributed by atoms with E-state index in [4.69, 9.17) is 0 Å². The van der Waals surface area contributed by atoms with Crippen molar-refractivity contribution in [1.29, 1.82) is 0 Å². The summed E-state index contributed by atoms with van der Waals surface area (Å²) in [6, 6.07) is 0.946. The standard InChI is InChI=1S/C12H5F6OP/c13-5-1-7(15)11(8(16)2-5)20(19)12-9(17)3-6(14)4-10(12)18/h1-4,20H. The monoisotopic (exact) mass is 310 g/mol. The van der Waals surface area contributed by atoms with Gasteiger partial charge in [-0.15, -0.1) is 0 Å². The summed E-state index contributed by atoms with van der Waals surface area (Å²) in [5, 5.41) is -2.28. The molecular formula is C12H5F6OP. The van der Waals surface area contributed by atoms with E-state index in [0.717, 1.165) is 0 Å². The summed E-state index contributed by atoms with van der Waals surface area (Å²) >= 11 is 0. The largest absolute Gasteiger partial charge is 0.317 e. The molecular weight excluding hydrogens is 305 g/mol. The normalized spacial score (nSPS) is 11.2. The van der Waals surface area contributed by atoms with Crippen molar-refractivity contribution >= 4 is 18.4 Å². The Morgan fingerprint density at radius 1 is 0.600 bits per heavy atom. The number of hydrogen-bond acceptors (Lipinski definition) is 1. The lowest BCUT2D eigenvalue weighted by Gasteiger charge is -2.08. The van der Waals surface area contributed by atoms with Crippen LogP contribution in [0.3, 0.4) is 0 Å². The SMILES string of the molecule is O=[PH](c1c(F)cc(F)cc1F)c1c(F)cc(F)cc1F. The van der Waals surface area contributed by atoms with Crippen molar-refractivity contribution in [3.05, 3.63) is 59.2 Å². The van der Waals surface area contributed by atoms with Gasteiger partial charge in [0.2, 0.25) is 0 Å². The average molecular weight is 310 g/mol. The van der Waals surface area contributed by atoms with Crippen molar-refractivity contribution in [3.8, 4) is 0 Å². The molecule has 2 aromatic carbocycles. The zero-order chi connectivity index (χ0) is 15.0. The second-order valence-electron chi connectivity index (χ2n) is 3.82. The van der Waals surface area contributed by atoms with E-state index >= 15 is 0 Å². The first kappa shape index (κ1) is 14.7. The van der Waals surface area contributed by atoms with Gasteiger partial charge in [-0.05, 0) is 0 Å². The van der Waals surface area contributed by atoms with Gasteiger partial charge in [-0.3, -0.25) is 0 Å². The van der Waals surface area contributed by atoms with Gasteiger partial charge in [-0.1, -0.05) is 0 Å². The highest BCUT2D eigenvalue weighted by Crippen LogP contribution is 2.27. The summed E-state index contributed by atoms with van der Waals surface area (Å²) in [4.78, 5) is 0. The Morgan fingerprint density at radius 3 is 1.10 bits per heavy atom. The van der Waals surface area contributed by atoms with E-state index in [0.29, 0.717) is 0 Å². The smallest absolute Gasteiger partial charge is 0.143 e. The van der Waals surface area contributed by atoms with Crippen molar-refractivity contribution in [2.45, 2.75) is 0 Å². The van der Waals surface area contributed by atoms with Gasteiger partial charge in [0.05, 0.1) is 10.6 Å². The van der Waals surface area contributed by atoms with Gasteiger partial charge in [-0.25, -0.2) is 26.3 Å². The molecule has 0 aliphatic heterocycles. The fourth-order valence-electron chi connectivity index (χ4n) is 1.64. The molecule has 0 aliphatic rings. The lowest BCUT2D eigenvalue weighted by Crippen LogP contribution is -2.20. The van der Waals surface area contributed by atoms with Gasteiger partial charge in [0.1, 0.15) is 42.7 Å². The van der Waals surface area contributed by atoms with Crippen LogP contribution in [0.4, 0.5) is 26.3 Å². The van der Waals surface area contributed by atoms with Gasteiger partial charge < -0.3 is 4.57 Å². The Kier molecular flexibility index (Phi) is 3.90. The highest BCUT2D eigenvalue weighted by molar-refractivity contribution is 7.61. The molecule has 106 valence electrons. The maximum absolute atomic E-state index is 13.4. The second-order valence-corrected chi connectivity index (χ2v) is 5.48. The first-order chi connectivity index (χ1) is 9.31. The average Bonchev–Trinajstić information content (AvgIpc) is 2.25. The van der Waals surface area contributed by atoms with E-state index in [1.54, 1.807) is 0 Å². The van der Waals surface area contributed by atoms with Gasteiger partial charge in [0.15, 0.2) is 0 Å². The maximum Gasteiger partial charge on any atom is 0.143 e. The first-order valence-electron chi connectivity index (χ1n) is 5.15. The summed E-state index contributed by atoms with van der Waals surface area (Å²) in [6.07, 6.45) is 0. The van der Waals surface area contributed by atoms with Crippen molar-refractivity contribution in [3.63, 3.8) is 0 Å². The molecule has 0 saturated carbocycles. The summed E-state index contributed by atoms with van der Waals surface area (Å²) in [5.41, 5.74) is 0. The number of rotatable bonds is 2. The van der Waals surface area contributed by atoms with Crippen molar-refractivity contribution < 1.29 is 30.9 Å². The van der Waals surface area contributed by atoms with E-state index < -0.39 is 53.3 Å². The fourth-order valence-corrected chi connectivity index (χ4v) is 3.05. The van der Waals surface area contributed by atoms with Crippen LogP contribution in [-0.2, 0) is 4.57 Å². The van der Waals surface area contributed by atoms with Crippen molar-refractivity contribution in [2.24, 2.45) is 0 Å². The Balaban J connectivity index is 2.64. The Morgan fingerprint density at radius 2 is 0.850 bits per heavy atom. The molecule has 0 amide bonds. The van der Waals surface area contributed by atoms with E-state index in [1.165, 1.54) is 0 Å². The molecule has 0 bridgehead atoms.